The van der Waals surface area contributed by atoms with Gasteiger partial charge in [0.25, 0.3) is 0 Å². The Balaban J connectivity index is 1.58. The Labute approximate surface area is 197 Å². The van der Waals surface area contributed by atoms with Gasteiger partial charge in [0.1, 0.15) is 11.6 Å². The van der Waals surface area contributed by atoms with Gasteiger partial charge in [-0.2, -0.15) is 13.2 Å². The van der Waals surface area contributed by atoms with Crippen molar-refractivity contribution >= 4 is 35.0 Å². The van der Waals surface area contributed by atoms with Crippen LogP contribution in [-0.2, 0) is 28.7 Å². The monoisotopic (exact) mass is 493 g/mol. The number of ether oxygens (including phenoxy) is 1. The van der Waals surface area contributed by atoms with Crippen molar-refractivity contribution in [3.8, 4) is 5.75 Å². The fourth-order valence-corrected chi connectivity index (χ4v) is 3.82. The topological polar surface area (TPSA) is 98.1 Å². The fraction of sp³-hybridized carbons (Fsp3) is 0.273. The van der Waals surface area contributed by atoms with Gasteiger partial charge in [0, 0.05) is 17.9 Å². The molecule has 2 amide bonds. The highest BCUT2D eigenvalue weighted by atomic mass is 32.2. The number of thioether (sulfide) groups is 1. The first-order valence-corrected chi connectivity index (χ1v) is 11.1. The zero-order valence-electron chi connectivity index (χ0n) is 18.3. The third-order valence-electron chi connectivity index (χ3n) is 4.61. The highest BCUT2D eigenvalue weighted by Crippen LogP contribution is 2.30. The van der Waals surface area contributed by atoms with Crippen LogP contribution >= 0.6 is 11.8 Å². The number of methoxy groups -OCH3 is 1. The van der Waals surface area contributed by atoms with E-state index >= 15 is 0 Å². The lowest BCUT2D eigenvalue weighted by Gasteiger charge is -2.10. The molecule has 0 aliphatic heterocycles. The van der Waals surface area contributed by atoms with Crippen LogP contribution in [0.5, 0.6) is 5.75 Å². The Bertz CT molecular complexity index is 1150. The summed E-state index contributed by atoms with van der Waals surface area (Å²) < 4.78 is 45.4. The van der Waals surface area contributed by atoms with Gasteiger partial charge < -0.3 is 19.9 Å². The molecule has 0 saturated heterocycles. The number of anilines is 2. The van der Waals surface area contributed by atoms with Gasteiger partial charge in [-0.15, -0.1) is 10.2 Å². The molecule has 0 aliphatic rings. The van der Waals surface area contributed by atoms with Gasteiger partial charge in [0.05, 0.1) is 24.8 Å². The van der Waals surface area contributed by atoms with Gasteiger partial charge in [0.15, 0.2) is 5.16 Å². The van der Waals surface area contributed by atoms with E-state index in [-0.39, 0.29) is 23.8 Å². The second kappa shape index (κ2) is 11.1. The van der Waals surface area contributed by atoms with Crippen LogP contribution in [0.15, 0.2) is 53.7 Å². The average molecular weight is 494 g/mol. The van der Waals surface area contributed by atoms with Crippen molar-refractivity contribution in [3.63, 3.8) is 0 Å². The third-order valence-corrected chi connectivity index (χ3v) is 5.57. The number of nitrogens with one attached hydrogen (secondary N) is 2. The summed E-state index contributed by atoms with van der Waals surface area (Å²) in [6, 6.07) is 11.3. The summed E-state index contributed by atoms with van der Waals surface area (Å²) in [6.45, 7) is 2.28. The van der Waals surface area contributed by atoms with Crippen molar-refractivity contribution in [3.05, 3.63) is 59.9 Å². The van der Waals surface area contributed by atoms with E-state index in [4.69, 9.17) is 4.74 Å². The molecule has 2 aromatic carbocycles. The van der Waals surface area contributed by atoms with Crippen LogP contribution in [0.25, 0.3) is 0 Å². The van der Waals surface area contributed by atoms with Crippen molar-refractivity contribution < 1.29 is 27.5 Å². The van der Waals surface area contributed by atoms with E-state index in [0.717, 1.165) is 23.9 Å². The minimum Gasteiger partial charge on any atom is -0.497 e. The van der Waals surface area contributed by atoms with Gasteiger partial charge in [-0.05, 0) is 49.4 Å². The zero-order valence-corrected chi connectivity index (χ0v) is 19.2. The van der Waals surface area contributed by atoms with Crippen molar-refractivity contribution in [1.82, 2.24) is 14.8 Å². The molecular weight excluding hydrogens is 471 g/mol. The molecule has 180 valence electrons. The fourth-order valence-electron chi connectivity index (χ4n) is 3.00. The van der Waals surface area contributed by atoms with E-state index < -0.39 is 17.6 Å². The van der Waals surface area contributed by atoms with E-state index in [9.17, 15) is 22.8 Å². The number of nitrogens with zero attached hydrogens (tertiary/aromatic N) is 3. The summed E-state index contributed by atoms with van der Waals surface area (Å²) in [5.74, 6) is 0.304. The molecule has 0 aliphatic carbocycles. The molecule has 2 N–H and O–H groups in total. The van der Waals surface area contributed by atoms with E-state index in [0.29, 0.717) is 29.0 Å². The van der Waals surface area contributed by atoms with Crippen molar-refractivity contribution in [2.75, 3.05) is 23.5 Å². The first-order chi connectivity index (χ1) is 16.2. The molecule has 0 spiro atoms. The standard InChI is InChI=1S/C22H22F3N5O3S/c1-3-30-18(12-19(31)27-16-6-4-5-14(11-16)22(23,24)25)28-29-21(30)34-13-20(32)26-15-7-9-17(33-2)10-8-15/h4-11H,3,12-13H2,1-2H3,(H,26,32)(H,27,31). The summed E-state index contributed by atoms with van der Waals surface area (Å²) in [5.41, 5.74) is -0.198. The molecule has 1 aromatic heterocycles. The molecule has 1 heterocycles. The maximum absolute atomic E-state index is 12.9. The minimum atomic E-state index is -4.51. The Morgan fingerprint density at radius 3 is 2.38 bits per heavy atom. The number of halogens is 3. The van der Waals surface area contributed by atoms with Crippen LogP contribution in [0.4, 0.5) is 24.5 Å². The number of amides is 2. The first kappa shape index (κ1) is 25.1. The van der Waals surface area contributed by atoms with Crippen molar-refractivity contribution in [1.29, 1.82) is 0 Å². The predicted molar refractivity (Wildman–Crippen MR) is 122 cm³/mol. The number of rotatable bonds is 9. The lowest BCUT2D eigenvalue weighted by atomic mass is 10.2. The van der Waals surface area contributed by atoms with E-state index in [2.05, 4.69) is 20.8 Å². The summed E-state index contributed by atoms with van der Waals surface area (Å²) >= 11 is 1.16. The molecule has 8 nitrogen and oxygen atoms in total. The zero-order chi connectivity index (χ0) is 24.7. The molecule has 0 bridgehead atoms. The number of benzene rings is 2. The average Bonchev–Trinajstić information content (AvgIpc) is 3.19. The lowest BCUT2D eigenvalue weighted by molar-refractivity contribution is -0.137. The smallest absolute Gasteiger partial charge is 0.416 e. The number of aromatic nitrogens is 3. The number of hydrogen-bond donors (Lipinski definition) is 2. The molecule has 3 aromatic rings. The van der Waals surface area contributed by atoms with Crippen LogP contribution in [0.2, 0.25) is 0 Å². The Morgan fingerprint density at radius 2 is 1.74 bits per heavy atom. The second-order valence-corrected chi connectivity index (χ2v) is 7.95. The number of alkyl halides is 3. The molecule has 0 fully saturated rings. The maximum Gasteiger partial charge on any atom is 0.416 e. The van der Waals surface area contributed by atoms with Crippen LogP contribution in [0.3, 0.4) is 0 Å². The van der Waals surface area contributed by atoms with Crippen LogP contribution < -0.4 is 15.4 Å². The Hall–Kier alpha value is -3.54. The Kier molecular flexibility index (Phi) is 8.16. The Morgan fingerprint density at radius 1 is 1.03 bits per heavy atom. The van der Waals surface area contributed by atoms with Crippen LogP contribution in [0.1, 0.15) is 18.3 Å². The van der Waals surface area contributed by atoms with E-state index in [1.54, 1.807) is 35.9 Å². The molecular formula is C22H22F3N5O3S. The van der Waals surface area contributed by atoms with Crippen molar-refractivity contribution in [2.24, 2.45) is 0 Å². The summed E-state index contributed by atoms with van der Waals surface area (Å²) in [4.78, 5) is 24.6. The summed E-state index contributed by atoms with van der Waals surface area (Å²) in [5, 5.41) is 13.7. The quantitative estimate of drug-likeness (QED) is 0.433. The summed E-state index contributed by atoms with van der Waals surface area (Å²) in [7, 11) is 1.55. The van der Waals surface area contributed by atoms with Gasteiger partial charge in [0.2, 0.25) is 11.8 Å². The third kappa shape index (κ3) is 6.73. The normalized spacial score (nSPS) is 11.2. The molecule has 34 heavy (non-hydrogen) atoms. The first-order valence-electron chi connectivity index (χ1n) is 10.2. The highest BCUT2D eigenvalue weighted by Gasteiger charge is 2.30. The number of carbonyl (C=O) groups is 2. The molecule has 3 rings (SSSR count). The van der Waals surface area contributed by atoms with E-state index in [1.165, 1.54) is 12.1 Å². The van der Waals surface area contributed by atoms with Crippen LogP contribution in [-0.4, -0.2) is 39.4 Å². The molecule has 0 radical (unpaired) electrons. The SMILES string of the molecule is CCn1c(CC(=O)Nc2cccc(C(F)(F)F)c2)nnc1SCC(=O)Nc1ccc(OC)cc1. The summed E-state index contributed by atoms with van der Waals surface area (Å²) in [6.07, 6.45) is -4.69. The van der Waals surface area contributed by atoms with E-state index in [1.807, 2.05) is 6.92 Å². The van der Waals surface area contributed by atoms with Crippen LogP contribution in [0, 0.1) is 0 Å². The number of hydrogen-bond acceptors (Lipinski definition) is 6. The number of carbonyl (C=O) groups excluding carboxylic acids is 2. The van der Waals surface area contributed by atoms with Gasteiger partial charge >= 0.3 is 6.18 Å². The second-order valence-electron chi connectivity index (χ2n) is 7.01. The molecule has 0 unspecified atom stereocenters. The highest BCUT2D eigenvalue weighted by molar-refractivity contribution is 7.99. The predicted octanol–water partition coefficient (Wildman–Crippen LogP) is 4.24. The molecule has 12 heteroatoms. The maximum atomic E-state index is 12.9. The van der Waals surface area contributed by atoms with Gasteiger partial charge in [-0.25, -0.2) is 0 Å². The van der Waals surface area contributed by atoms with Gasteiger partial charge in [-0.1, -0.05) is 17.8 Å². The largest absolute Gasteiger partial charge is 0.497 e. The van der Waals surface area contributed by atoms with Crippen molar-refractivity contribution in [2.45, 2.75) is 31.2 Å². The lowest BCUT2D eigenvalue weighted by Crippen LogP contribution is -2.18. The minimum absolute atomic E-state index is 0.0344. The van der Waals surface area contributed by atoms with Gasteiger partial charge in [-0.3, -0.25) is 9.59 Å². The molecule has 0 atom stereocenters. The molecule has 0 saturated carbocycles.